The molecule has 10 heteroatoms. The number of aromatic nitrogens is 1. The Balaban J connectivity index is 1.36. The van der Waals surface area contributed by atoms with Crippen molar-refractivity contribution in [3.8, 4) is 5.75 Å². The van der Waals surface area contributed by atoms with Crippen LogP contribution < -0.4 is 9.64 Å². The lowest BCUT2D eigenvalue weighted by molar-refractivity contribution is 0.0696. The van der Waals surface area contributed by atoms with Crippen molar-refractivity contribution in [1.82, 2.24) is 5.16 Å². The first-order valence-electron chi connectivity index (χ1n) is 14.1. The number of hydrogen-bond acceptors (Lipinski definition) is 5. The van der Waals surface area contributed by atoms with E-state index in [-0.39, 0.29) is 28.7 Å². The number of benzene rings is 4. The van der Waals surface area contributed by atoms with Gasteiger partial charge in [0.05, 0.1) is 21.7 Å². The second-order valence-corrected chi connectivity index (χ2v) is 12.1. The van der Waals surface area contributed by atoms with Crippen LogP contribution >= 0.6 is 34.8 Å². The van der Waals surface area contributed by atoms with Crippen LogP contribution in [0.25, 0.3) is 0 Å². The van der Waals surface area contributed by atoms with Gasteiger partial charge in [0.15, 0.2) is 0 Å². The Bertz CT molecular complexity index is 1820. The van der Waals surface area contributed by atoms with Crippen molar-refractivity contribution in [2.45, 2.75) is 32.3 Å². The first-order valence-corrected chi connectivity index (χ1v) is 15.2. The molecule has 1 amide bonds. The molecule has 0 bridgehead atoms. The summed E-state index contributed by atoms with van der Waals surface area (Å²) < 4.78 is 11.4. The van der Waals surface area contributed by atoms with E-state index in [0.717, 1.165) is 11.1 Å². The molecule has 0 saturated carbocycles. The number of halogens is 3. The third-order valence-corrected chi connectivity index (χ3v) is 8.45. The van der Waals surface area contributed by atoms with Gasteiger partial charge in [-0.15, -0.1) is 0 Å². The van der Waals surface area contributed by atoms with E-state index >= 15 is 0 Å². The molecule has 5 rings (SSSR count). The van der Waals surface area contributed by atoms with Gasteiger partial charge in [-0.2, -0.15) is 0 Å². The van der Waals surface area contributed by atoms with E-state index in [2.05, 4.69) is 5.16 Å². The molecule has 0 saturated heterocycles. The minimum absolute atomic E-state index is 0.0768. The molecule has 4 aromatic carbocycles. The van der Waals surface area contributed by atoms with Crippen LogP contribution in [0.2, 0.25) is 15.1 Å². The number of ether oxygens (including phenoxy) is 1. The van der Waals surface area contributed by atoms with Gasteiger partial charge in [0.25, 0.3) is 5.91 Å². The summed E-state index contributed by atoms with van der Waals surface area (Å²) in [4.78, 5) is 27.1. The molecule has 0 atom stereocenters. The first-order chi connectivity index (χ1) is 21.6. The normalized spacial score (nSPS) is 11.3. The van der Waals surface area contributed by atoms with Gasteiger partial charge < -0.3 is 19.3 Å². The average molecular weight is 664 g/mol. The van der Waals surface area contributed by atoms with E-state index in [4.69, 9.17) is 44.1 Å². The third-order valence-electron chi connectivity index (χ3n) is 7.51. The van der Waals surface area contributed by atoms with Crippen LogP contribution in [0.15, 0.2) is 102 Å². The van der Waals surface area contributed by atoms with Gasteiger partial charge >= 0.3 is 5.97 Å². The maximum absolute atomic E-state index is 13.9. The largest absolute Gasteiger partial charge is 0.489 e. The number of rotatable bonds is 11. The Kier molecular flexibility index (Phi) is 9.83. The summed E-state index contributed by atoms with van der Waals surface area (Å²) in [5.41, 5.74) is 3.16. The number of carboxylic acid groups (broad SMARTS) is 1. The van der Waals surface area contributed by atoms with Crippen LogP contribution in [0.1, 0.15) is 56.9 Å². The average Bonchev–Trinajstić information content (AvgIpc) is 3.50. The fraction of sp³-hybridized carbons (Fsp3) is 0.171. The Labute approximate surface area is 275 Å². The van der Waals surface area contributed by atoms with Crippen molar-refractivity contribution in [2.24, 2.45) is 0 Å². The SMILES string of the molecule is CC(C)(c1nocc1COc1ccc(C(=O)N(CCc2ccccc2)c2cccc(C(=O)O)c2)c(Cl)c1)c1c(Cl)cccc1Cl. The Morgan fingerprint density at radius 3 is 2.29 bits per heavy atom. The Morgan fingerprint density at radius 2 is 1.60 bits per heavy atom. The van der Waals surface area contributed by atoms with Gasteiger partial charge in [-0.05, 0) is 74.4 Å². The maximum Gasteiger partial charge on any atom is 0.335 e. The molecule has 0 aliphatic rings. The van der Waals surface area contributed by atoms with Gasteiger partial charge in [0.1, 0.15) is 24.3 Å². The number of carboxylic acids is 1. The fourth-order valence-corrected chi connectivity index (χ4v) is 6.32. The van der Waals surface area contributed by atoms with E-state index in [0.29, 0.717) is 45.7 Å². The molecule has 1 N–H and O–H groups in total. The standard InChI is InChI=1S/C35H29Cl3N2O5/c1-35(2,31-28(36)12-7-13-29(31)37)32-24(21-45-39-32)20-44-26-14-15-27(30(38)19-26)33(41)40(17-16-22-8-4-3-5-9-22)25-11-6-10-23(18-25)34(42)43/h3-15,18-19,21H,16-17,20H2,1-2H3,(H,42,43). The van der Waals surface area contributed by atoms with Crippen molar-refractivity contribution in [3.63, 3.8) is 0 Å². The molecule has 45 heavy (non-hydrogen) atoms. The zero-order valence-electron chi connectivity index (χ0n) is 24.5. The molecule has 0 aliphatic carbocycles. The zero-order valence-corrected chi connectivity index (χ0v) is 26.7. The molecule has 0 aliphatic heterocycles. The summed E-state index contributed by atoms with van der Waals surface area (Å²) >= 11 is 19.7. The highest BCUT2D eigenvalue weighted by atomic mass is 35.5. The van der Waals surface area contributed by atoms with Crippen LogP contribution in [-0.2, 0) is 18.4 Å². The predicted octanol–water partition coefficient (Wildman–Crippen LogP) is 9.13. The first kappa shape index (κ1) is 32.1. The van der Waals surface area contributed by atoms with Crippen molar-refractivity contribution >= 4 is 52.4 Å². The molecule has 7 nitrogen and oxygen atoms in total. The topological polar surface area (TPSA) is 92.9 Å². The van der Waals surface area contributed by atoms with Crippen LogP contribution in [0.4, 0.5) is 5.69 Å². The molecule has 0 unspecified atom stereocenters. The Morgan fingerprint density at radius 1 is 0.889 bits per heavy atom. The van der Waals surface area contributed by atoms with E-state index in [9.17, 15) is 14.7 Å². The number of hydrogen-bond donors (Lipinski definition) is 1. The minimum Gasteiger partial charge on any atom is -0.489 e. The summed E-state index contributed by atoms with van der Waals surface area (Å²) in [6.45, 7) is 4.32. The summed E-state index contributed by atoms with van der Waals surface area (Å²) in [7, 11) is 0. The number of aromatic carboxylic acids is 1. The van der Waals surface area contributed by atoms with E-state index < -0.39 is 11.4 Å². The lowest BCUT2D eigenvalue weighted by Gasteiger charge is -2.26. The number of anilines is 1. The number of amides is 1. The van der Waals surface area contributed by atoms with E-state index in [1.54, 1.807) is 48.5 Å². The molecule has 1 aromatic heterocycles. The summed E-state index contributed by atoms with van der Waals surface area (Å²) in [6.07, 6.45) is 2.07. The molecule has 5 aromatic rings. The second-order valence-electron chi connectivity index (χ2n) is 10.9. The highest BCUT2D eigenvalue weighted by Crippen LogP contribution is 2.41. The van der Waals surface area contributed by atoms with Crippen LogP contribution in [0.3, 0.4) is 0 Å². The molecule has 230 valence electrons. The van der Waals surface area contributed by atoms with Crippen molar-refractivity contribution in [3.05, 3.63) is 146 Å². The quantitative estimate of drug-likeness (QED) is 0.152. The van der Waals surface area contributed by atoms with E-state index in [1.807, 2.05) is 44.2 Å². The summed E-state index contributed by atoms with van der Waals surface area (Å²) in [6, 6.07) is 26.2. The number of carbonyl (C=O) groups excluding carboxylic acids is 1. The summed E-state index contributed by atoms with van der Waals surface area (Å²) in [5, 5.41) is 15.0. The predicted molar refractivity (Wildman–Crippen MR) is 176 cm³/mol. The highest BCUT2D eigenvalue weighted by Gasteiger charge is 2.33. The van der Waals surface area contributed by atoms with Crippen LogP contribution in [0, 0.1) is 0 Å². The summed E-state index contributed by atoms with van der Waals surface area (Å²) in [5.74, 6) is -1.02. The van der Waals surface area contributed by atoms with Crippen molar-refractivity contribution in [2.75, 3.05) is 11.4 Å². The molecule has 0 radical (unpaired) electrons. The molecule has 1 heterocycles. The molecule has 0 spiro atoms. The van der Waals surface area contributed by atoms with Crippen LogP contribution in [-0.4, -0.2) is 28.7 Å². The van der Waals surface area contributed by atoms with Gasteiger partial charge in [-0.1, -0.05) is 82.4 Å². The smallest absolute Gasteiger partial charge is 0.335 e. The zero-order chi connectivity index (χ0) is 32.1. The third kappa shape index (κ3) is 7.17. The van der Waals surface area contributed by atoms with Gasteiger partial charge in [-0.25, -0.2) is 4.79 Å². The second kappa shape index (κ2) is 13.8. The molecular formula is C35H29Cl3N2O5. The molecular weight excluding hydrogens is 635 g/mol. The fourth-order valence-electron chi connectivity index (χ4n) is 5.19. The highest BCUT2D eigenvalue weighted by molar-refractivity contribution is 6.36. The van der Waals surface area contributed by atoms with Gasteiger partial charge in [0.2, 0.25) is 0 Å². The minimum atomic E-state index is -1.08. The number of nitrogens with zero attached hydrogens (tertiary/aromatic N) is 2. The lowest BCUT2D eigenvalue weighted by Crippen LogP contribution is -2.33. The molecule has 0 fully saturated rings. The maximum atomic E-state index is 13.9. The van der Waals surface area contributed by atoms with Gasteiger partial charge in [0, 0.05) is 33.3 Å². The van der Waals surface area contributed by atoms with Crippen molar-refractivity contribution in [1.29, 1.82) is 0 Å². The van der Waals surface area contributed by atoms with Crippen LogP contribution in [0.5, 0.6) is 5.75 Å². The van der Waals surface area contributed by atoms with Crippen molar-refractivity contribution < 1.29 is 24.0 Å². The monoisotopic (exact) mass is 662 g/mol. The van der Waals surface area contributed by atoms with E-state index in [1.165, 1.54) is 23.3 Å². The number of carbonyl (C=O) groups is 2. The van der Waals surface area contributed by atoms with Gasteiger partial charge in [-0.3, -0.25) is 4.79 Å². The Hall–Kier alpha value is -4.30. The lowest BCUT2D eigenvalue weighted by atomic mass is 9.80.